The van der Waals surface area contributed by atoms with Crippen molar-refractivity contribution in [2.75, 3.05) is 0 Å². The minimum Gasteiger partial charge on any atom is -0.388 e. The fourth-order valence-corrected chi connectivity index (χ4v) is 2.91. The van der Waals surface area contributed by atoms with Crippen molar-refractivity contribution >= 4 is 0 Å². The fourth-order valence-electron chi connectivity index (χ4n) is 2.91. The van der Waals surface area contributed by atoms with Crippen LogP contribution < -0.4 is 0 Å². The van der Waals surface area contributed by atoms with E-state index in [1.165, 1.54) is 17.7 Å². The van der Waals surface area contributed by atoms with Gasteiger partial charge in [-0.3, -0.25) is 4.68 Å². The molecule has 2 heterocycles. The molecule has 4 heteroatoms. The first-order valence-corrected chi connectivity index (χ1v) is 7.07. The highest BCUT2D eigenvalue weighted by molar-refractivity contribution is 5.28. The van der Waals surface area contributed by atoms with E-state index in [0.29, 0.717) is 0 Å². The number of hydrogen-bond acceptors (Lipinski definition) is 2. The second-order valence-corrected chi connectivity index (χ2v) is 5.43. The molecule has 3 rings (SSSR count). The van der Waals surface area contributed by atoms with Crippen LogP contribution in [0.2, 0.25) is 0 Å². The summed E-state index contributed by atoms with van der Waals surface area (Å²) in [7, 11) is 1.98. The molecule has 1 aliphatic carbocycles. The molecule has 2 aromatic heterocycles. The van der Waals surface area contributed by atoms with E-state index in [4.69, 9.17) is 0 Å². The first-order chi connectivity index (χ1) is 9.24. The number of hydrogen-bond donors (Lipinski definition) is 1. The highest BCUT2D eigenvalue weighted by Crippen LogP contribution is 2.29. The molecular weight excluding hydrogens is 238 g/mol. The molecule has 0 aliphatic heterocycles. The Hall–Kier alpha value is -1.55. The van der Waals surface area contributed by atoms with E-state index in [-0.39, 0.29) is 6.10 Å². The molecule has 102 valence electrons. The van der Waals surface area contributed by atoms with E-state index >= 15 is 0 Å². The Kier molecular flexibility index (Phi) is 3.42. The van der Waals surface area contributed by atoms with Crippen LogP contribution in [-0.4, -0.2) is 19.5 Å². The first kappa shape index (κ1) is 12.5. The predicted octanol–water partition coefficient (Wildman–Crippen LogP) is 2.22. The maximum Gasteiger partial charge on any atom is 0.0807 e. The highest BCUT2D eigenvalue weighted by Gasteiger charge is 2.18. The van der Waals surface area contributed by atoms with Crippen molar-refractivity contribution in [3.05, 3.63) is 41.5 Å². The van der Waals surface area contributed by atoms with Gasteiger partial charge in [-0.05, 0) is 30.9 Å². The number of aryl methyl sites for hydroxylation is 4. The third-order valence-corrected chi connectivity index (χ3v) is 4.08. The number of aliphatic hydroxyl groups is 1. The Morgan fingerprint density at radius 3 is 3.05 bits per heavy atom. The Labute approximate surface area is 113 Å². The summed E-state index contributed by atoms with van der Waals surface area (Å²) >= 11 is 0. The molecule has 0 saturated carbocycles. The summed E-state index contributed by atoms with van der Waals surface area (Å²) in [6, 6.07) is 2.06. The van der Waals surface area contributed by atoms with Gasteiger partial charge in [0, 0.05) is 49.9 Å². The normalized spacial score (nSPS) is 19.2. The zero-order chi connectivity index (χ0) is 13.2. The Balaban J connectivity index is 1.72. The Morgan fingerprint density at radius 1 is 1.37 bits per heavy atom. The van der Waals surface area contributed by atoms with Crippen LogP contribution in [0.5, 0.6) is 0 Å². The van der Waals surface area contributed by atoms with Gasteiger partial charge in [0.15, 0.2) is 0 Å². The van der Waals surface area contributed by atoms with Gasteiger partial charge in [0.2, 0.25) is 0 Å². The number of nitrogens with zero attached hydrogens (tertiary/aromatic N) is 3. The molecule has 1 unspecified atom stereocenters. The first-order valence-electron chi connectivity index (χ1n) is 7.07. The van der Waals surface area contributed by atoms with Gasteiger partial charge in [-0.15, -0.1) is 0 Å². The van der Waals surface area contributed by atoms with Crippen molar-refractivity contribution in [3.8, 4) is 0 Å². The largest absolute Gasteiger partial charge is 0.388 e. The summed E-state index contributed by atoms with van der Waals surface area (Å²) in [5.41, 5.74) is 3.71. The van der Waals surface area contributed by atoms with E-state index < -0.39 is 0 Å². The van der Waals surface area contributed by atoms with Gasteiger partial charge in [0.1, 0.15) is 0 Å². The predicted molar refractivity (Wildman–Crippen MR) is 73.9 cm³/mol. The molecule has 2 aromatic rings. The number of aromatic nitrogens is 3. The minimum atomic E-state index is -0.268. The van der Waals surface area contributed by atoms with E-state index in [0.717, 1.165) is 37.8 Å². The average Bonchev–Trinajstić information content (AvgIpc) is 2.95. The van der Waals surface area contributed by atoms with E-state index in [2.05, 4.69) is 28.1 Å². The summed E-state index contributed by atoms with van der Waals surface area (Å²) in [6.07, 6.45) is 11.2. The SMILES string of the molecule is Cn1nccc1CCn1cc2c(c1)C(O)CCCC2. The second kappa shape index (κ2) is 5.21. The average molecular weight is 259 g/mol. The van der Waals surface area contributed by atoms with Gasteiger partial charge in [-0.2, -0.15) is 5.10 Å². The lowest BCUT2D eigenvalue weighted by molar-refractivity contribution is 0.166. The molecule has 0 spiro atoms. The van der Waals surface area contributed by atoms with Crippen LogP contribution >= 0.6 is 0 Å². The van der Waals surface area contributed by atoms with Crippen LogP contribution in [0, 0.1) is 0 Å². The summed E-state index contributed by atoms with van der Waals surface area (Å²) < 4.78 is 4.13. The van der Waals surface area contributed by atoms with E-state index in [9.17, 15) is 5.11 Å². The molecule has 19 heavy (non-hydrogen) atoms. The number of aliphatic hydroxyl groups excluding tert-OH is 1. The van der Waals surface area contributed by atoms with E-state index in [1.54, 1.807) is 0 Å². The summed E-state index contributed by atoms with van der Waals surface area (Å²) in [4.78, 5) is 0. The maximum absolute atomic E-state index is 10.1. The van der Waals surface area contributed by atoms with Crippen molar-refractivity contribution in [1.29, 1.82) is 0 Å². The molecule has 1 N–H and O–H groups in total. The quantitative estimate of drug-likeness (QED) is 0.859. The number of rotatable bonds is 3. The van der Waals surface area contributed by atoms with Crippen molar-refractivity contribution in [3.63, 3.8) is 0 Å². The third-order valence-electron chi connectivity index (χ3n) is 4.08. The summed E-state index contributed by atoms with van der Waals surface area (Å²) in [6.45, 7) is 0.944. The van der Waals surface area contributed by atoms with Crippen LogP contribution in [0.1, 0.15) is 42.2 Å². The van der Waals surface area contributed by atoms with Gasteiger partial charge >= 0.3 is 0 Å². The zero-order valence-electron chi connectivity index (χ0n) is 11.4. The number of fused-ring (bicyclic) bond motifs is 1. The Bertz CT molecular complexity index is 555. The Morgan fingerprint density at radius 2 is 2.26 bits per heavy atom. The highest BCUT2D eigenvalue weighted by atomic mass is 16.3. The lowest BCUT2D eigenvalue weighted by atomic mass is 10.1. The van der Waals surface area contributed by atoms with Gasteiger partial charge < -0.3 is 9.67 Å². The maximum atomic E-state index is 10.1. The van der Waals surface area contributed by atoms with Crippen LogP contribution in [0.3, 0.4) is 0 Å². The van der Waals surface area contributed by atoms with Crippen molar-refractivity contribution < 1.29 is 5.11 Å². The van der Waals surface area contributed by atoms with Crippen LogP contribution in [0.25, 0.3) is 0 Å². The van der Waals surface area contributed by atoms with Crippen molar-refractivity contribution in [2.24, 2.45) is 7.05 Å². The molecule has 0 amide bonds. The minimum absolute atomic E-state index is 0.268. The third kappa shape index (κ3) is 2.59. The van der Waals surface area contributed by atoms with Crippen molar-refractivity contribution in [1.82, 2.24) is 14.3 Å². The van der Waals surface area contributed by atoms with Crippen LogP contribution in [0.15, 0.2) is 24.7 Å². The molecule has 0 radical (unpaired) electrons. The lowest BCUT2D eigenvalue weighted by Gasteiger charge is -2.06. The molecule has 0 bridgehead atoms. The van der Waals surface area contributed by atoms with Gasteiger partial charge in [-0.1, -0.05) is 6.42 Å². The molecule has 4 nitrogen and oxygen atoms in total. The molecule has 1 atom stereocenters. The zero-order valence-corrected chi connectivity index (χ0v) is 11.4. The molecule has 1 aliphatic rings. The monoisotopic (exact) mass is 259 g/mol. The van der Waals surface area contributed by atoms with Gasteiger partial charge in [0.25, 0.3) is 0 Å². The molecule has 0 saturated heterocycles. The van der Waals surface area contributed by atoms with Crippen LogP contribution in [0.4, 0.5) is 0 Å². The van der Waals surface area contributed by atoms with Gasteiger partial charge in [0.05, 0.1) is 6.10 Å². The smallest absolute Gasteiger partial charge is 0.0807 e. The second-order valence-electron chi connectivity index (χ2n) is 5.43. The lowest BCUT2D eigenvalue weighted by Crippen LogP contribution is -2.04. The van der Waals surface area contributed by atoms with Crippen LogP contribution in [-0.2, 0) is 26.4 Å². The summed E-state index contributed by atoms with van der Waals surface area (Å²) in [5, 5.41) is 14.3. The van der Waals surface area contributed by atoms with Crippen molar-refractivity contribution in [2.45, 2.75) is 44.8 Å². The molecule has 0 fully saturated rings. The molecular formula is C15H21N3O. The van der Waals surface area contributed by atoms with E-state index in [1.807, 2.05) is 17.9 Å². The summed E-state index contributed by atoms with van der Waals surface area (Å²) in [5.74, 6) is 0. The van der Waals surface area contributed by atoms with Gasteiger partial charge in [-0.25, -0.2) is 0 Å². The topological polar surface area (TPSA) is 43.0 Å². The fraction of sp³-hybridized carbons (Fsp3) is 0.533. The standard InChI is InChI=1S/C15H21N3O/c1-17-13(6-8-16-17)7-9-18-10-12-4-2-3-5-15(19)14(12)11-18/h6,8,10-11,15,19H,2-5,7,9H2,1H3. The molecule has 0 aromatic carbocycles.